The fraction of sp³-hybridized carbons (Fsp3) is 0. The van der Waals surface area contributed by atoms with Crippen LogP contribution in [-0.4, -0.2) is 9.55 Å². The normalized spacial score (nSPS) is 12.1. The summed E-state index contributed by atoms with van der Waals surface area (Å²) < 4.78 is 9.97. The van der Waals surface area contributed by atoms with E-state index in [0.717, 1.165) is 48.4 Å². The van der Waals surface area contributed by atoms with Gasteiger partial charge in [0.1, 0.15) is 11.2 Å². The van der Waals surface area contributed by atoms with E-state index in [1.54, 1.807) is 11.3 Å². The second kappa shape index (κ2) is 7.79. The largest absolute Gasteiger partial charge is 0.455 e. The van der Waals surface area contributed by atoms with E-state index in [0.29, 0.717) is 0 Å². The topological polar surface area (TPSA) is 31.0 Å². The molecule has 0 N–H and O–H groups in total. The zero-order valence-electron chi connectivity index (χ0n) is 20.8. The van der Waals surface area contributed by atoms with Gasteiger partial charge < -0.3 is 4.42 Å². The van der Waals surface area contributed by atoms with Gasteiger partial charge in [-0.25, -0.2) is 4.98 Å². The van der Waals surface area contributed by atoms with Gasteiger partial charge in [-0.1, -0.05) is 102 Å². The molecule has 0 atom stereocenters. The Kier molecular flexibility index (Phi) is 4.21. The number of thiazole rings is 1. The molecule has 3 aromatic heterocycles. The maximum absolute atomic E-state index is 6.49. The van der Waals surface area contributed by atoms with Gasteiger partial charge in [-0.3, -0.25) is 4.57 Å². The predicted octanol–water partition coefficient (Wildman–Crippen LogP) is 10.1. The first kappa shape index (κ1) is 21.1. The van der Waals surface area contributed by atoms with E-state index >= 15 is 0 Å². The molecule has 0 radical (unpaired) electrons. The monoisotopic (exact) mass is 516 g/mol. The van der Waals surface area contributed by atoms with Crippen molar-refractivity contribution >= 4 is 76.1 Å². The Bertz CT molecular complexity index is 2390. The number of para-hydroxylation sites is 2. The Morgan fingerprint density at radius 2 is 1.33 bits per heavy atom. The zero-order valence-corrected chi connectivity index (χ0v) is 21.6. The van der Waals surface area contributed by atoms with Crippen molar-refractivity contribution in [3.05, 3.63) is 121 Å². The molecule has 0 unspecified atom stereocenters. The van der Waals surface area contributed by atoms with Crippen LogP contribution in [0.4, 0.5) is 0 Å². The molecule has 4 heteroatoms. The summed E-state index contributed by atoms with van der Waals surface area (Å²) in [6.07, 6.45) is 0. The molecule has 0 fully saturated rings. The first-order valence-corrected chi connectivity index (χ1v) is 13.9. The van der Waals surface area contributed by atoms with Crippen LogP contribution in [0.3, 0.4) is 0 Å². The van der Waals surface area contributed by atoms with Crippen molar-refractivity contribution in [2.75, 3.05) is 0 Å². The summed E-state index contributed by atoms with van der Waals surface area (Å²) in [5, 5.41) is 8.09. The van der Waals surface area contributed by atoms with E-state index in [1.165, 1.54) is 32.6 Å². The van der Waals surface area contributed by atoms with Gasteiger partial charge in [0.25, 0.3) is 0 Å². The van der Waals surface area contributed by atoms with Crippen LogP contribution in [0.5, 0.6) is 0 Å². The Morgan fingerprint density at radius 1 is 0.615 bits per heavy atom. The van der Waals surface area contributed by atoms with Crippen molar-refractivity contribution in [3.8, 4) is 16.3 Å². The van der Waals surface area contributed by atoms with Crippen LogP contribution >= 0.6 is 11.3 Å². The summed E-state index contributed by atoms with van der Waals surface area (Å²) in [4.78, 5) is 5.34. The minimum absolute atomic E-state index is 0.884. The van der Waals surface area contributed by atoms with Crippen molar-refractivity contribution < 1.29 is 4.42 Å². The van der Waals surface area contributed by atoms with Crippen molar-refractivity contribution in [2.45, 2.75) is 0 Å². The van der Waals surface area contributed by atoms with E-state index in [4.69, 9.17) is 9.40 Å². The molecular formula is C35H20N2OS. The number of nitrogens with zero attached hydrogens (tertiary/aromatic N) is 2. The van der Waals surface area contributed by atoms with E-state index in [9.17, 15) is 0 Å². The second-order valence-corrected chi connectivity index (χ2v) is 11.0. The number of hydrogen-bond donors (Lipinski definition) is 0. The third-order valence-electron chi connectivity index (χ3n) is 7.81. The molecule has 39 heavy (non-hydrogen) atoms. The minimum atomic E-state index is 0.884. The molecule has 3 nitrogen and oxygen atoms in total. The van der Waals surface area contributed by atoms with Crippen LogP contribution in [-0.2, 0) is 0 Å². The van der Waals surface area contributed by atoms with Crippen LogP contribution in [0.1, 0.15) is 0 Å². The predicted molar refractivity (Wildman–Crippen MR) is 164 cm³/mol. The van der Waals surface area contributed by atoms with Gasteiger partial charge in [0, 0.05) is 21.7 Å². The quantitative estimate of drug-likeness (QED) is 0.229. The van der Waals surface area contributed by atoms with Gasteiger partial charge in [0.05, 0.1) is 26.6 Å². The molecule has 0 spiro atoms. The van der Waals surface area contributed by atoms with Crippen LogP contribution < -0.4 is 0 Å². The molecule has 0 aliphatic carbocycles. The van der Waals surface area contributed by atoms with Crippen molar-refractivity contribution in [2.24, 2.45) is 0 Å². The fourth-order valence-electron chi connectivity index (χ4n) is 6.05. The van der Waals surface area contributed by atoms with Gasteiger partial charge in [-0.2, -0.15) is 0 Å². The smallest absolute Gasteiger partial charge is 0.195 e. The lowest BCUT2D eigenvalue weighted by Gasteiger charge is -2.04. The average molecular weight is 517 g/mol. The highest BCUT2D eigenvalue weighted by Crippen LogP contribution is 2.44. The molecule has 9 aromatic rings. The minimum Gasteiger partial charge on any atom is -0.455 e. The van der Waals surface area contributed by atoms with E-state index < -0.39 is 0 Å². The lowest BCUT2D eigenvalue weighted by molar-refractivity contribution is 0.670. The Morgan fingerprint density at radius 3 is 2.21 bits per heavy atom. The van der Waals surface area contributed by atoms with E-state index in [2.05, 4.69) is 114 Å². The van der Waals surface area contributed by atoms with Crippen molar-refractivity contribution in [1.29, 1.82) is 0 Å². The average Bonchev–Trinajstić information content (AvgIpc) is 3.67. The van der Waals surface area contributed by atoms with Crippen molar-refractivity contribution in [1.82, 2.24) is 9.55 Å². The molecular weight excluding hydrogens is 496 g/mol. The summed E-state index contributed by atoms with van der Waals surface area (Å²) in [5.74, 6) is 0. The Balaban J connectivity index is 1.43. The zero-order chi connectivity index (χ0) is 25.5. The lowest BCUT2D eigenvalue weighted by Crippen LogP contribution is -1.92. The first-order valence-electron chi connectivity index (χ1n) is 13.1. The number of fused-ring (bicyclic) bond motifs is 9. The Labute approximate surface area is 227 Å². The molecule has 0 saturated carbocycles. The lowest BCUT2D eigenvalue weighted by atomic mass is 10.0. The molecule has 182 valence electrons. The third-order valence-corrected chi connectivity index (χ3v) is 8.80. The van der Waals surface area contributed by atoms with Crippen molar-refractivity contribution in [3.63, 3.8) is 0 Å². The summed E-state index contributed by atoms with van der Waals surface area (Å²) in [6, 6.07) is 42.9. The number of benzene rings is 6. The summed E-state index contributed by atoms with van der Waals surface area (Å²) in [5.41, 5.74) is 7.33. The SMILES string of the molecule is c1ccc(-c2cc3sc(-n4c5ccccc5c5cc6ccccc6cc54)nc3c3c2oc2ccccc23)cc1. The number of hydrogen-bond acceptors (Lipinski definition) is 3. The van der Waals surface area contributed by atoms with Gasteiger partial charge in [0.2, 0.25) is 0 Å². The van der Waals surface area contributed by atoms with E-state index in [-0.39, 0.29) is 0 Å². The molecule has 0 bridgehead atoms. The van der Waals surface area contributed by atoms with E-state index in [1.807, 2.05) is 12.1 Å². The molecule has 6 aromatic carbocycles. The maximum atomic E-state index is 6.49. The van der Waals surface area contributed by atoms with Gasteiger partial charge in [-0.15, -0.1) is 0 Å². The highest BCUT2D eigenvalue weighted by molar-refractivity contribution is 7.21. The molecule has 0 amide bonds. The number of aromatic nitrogens is 2. The Hall–Kier alpha value is -4.93. The molecule has 0 aliphatic heterocycles. The highest BCUT2D eigenvalue weighted by atomic mass is 32.1. The summed E-state index contributed by atoms with van der Waals surface area (Å²) in [7, 11) is 0. The highest BCUT2D eigenvalue weighted by Gasteiger charge is 2.21. The maximum Gasteiger partial charge on any atom is 0.195 e. The van der Waals surface area contributed by atoms with Gasteiger partial charge >= 0.3 is 0 Å². The second-order valence-electron chi connectivity index (χ2n) is 10.0. The molecule has 9 rings (SSSR count). The van der Waals surface area contributed by atoms with Crippen LogP contribution in [0.15, 0.2) is 126 Å². The molecule has 0 saturated heterocycles. The standard InChI is InChI=1S/C35H20N2OS/c1-2-10-21(11-3-1)26-20-31-33(32-25-15-7-9-17-30(25)38-34(26)32)36-35(39-31)37-28-16-8-6-14-24(28)27-18-22-12-4-5-13-23(22)19-29(27)37/h1-20H. The number of rotatable bonds is 2. The van der Waals surface area contributed by atoms with Gasteiger partial charge in [-0.05, 0) is 46.7 Å². The van der Waals surface area contributed by atoms with Crippen LogP contribution in [0, 0.1) is 0 Å². The first-order chi connectivity index (χ1) is 19.3. The third kappa shape index (κ3) is 2.95. The van der Waals surface area contributed by atoms with Crippen LogP contribution in [0.25, 0.3) is 81.0 Å². The van der Waals surface area contributed by atoms with Gasteiger partial charge in [0.15, 0.2) is 5.13 Å². The summed E-state index contributed by atoms with van der Waals surface area (Å²) in [6.45, 7) is 0. The summed E-state index contributed by atoms with van der Waals surface area (Å²) >= 11 is 1.74. The number of furan rings is 1. The fourth-order valence-corrected chi connectivity index (χ4v) is 7.10. The van der Waals surface area contributed by atoms with Crippen LogP contribution in [0.2, 0.25) is 0 Å². The molecule has 0 aliphatic rings. The molecule has 3 heterocycles.